The predicted octanol–water partition coefficient (Wildman–Crippen LogP) is 0.473. The van der Waals surface area contributed by atoms with Crippen molar-refractivity contribution in [2.24, 2.45) is 21.1 Å². The lowest BCUT2D eigenvalue weighted by Gasteiger charge is -2.18. The molecule has 11 heteroatoms. The first-order valence-electron chi connectivity index (χ1n) is 8.81. The molecule has 3 aromatic rings. The van der Waals surface area contributed by atoms with Gasteiger partial charge in [-0.05, 0) is 12.1 Å². The number of fused-ring (bicyclic) bond motifs is 2. The van der Waals surface area contributed by atoms with Crippen LogP contribution in [-0.2, 0) is 25.9 Å². The molecule has 0 spiro atoms. The summed E-state index contributed by atoms with van der Waals surface area (Å²) < 4.78 is 15.0. The SMILES string of the molecule is Cn1c(=O)c2nc(SCC(=O)Nc3ccc4c(c3)OCCO4)n(C)c2n(C)c1=O. The number of amides is 1. The minimum Gasteiger partial charge on any atom is -0.486 e. The Morgan fingerprint density at radius 2 is 1.83 bits per heavy atom. The molecule has 0 fully saturated rings. The van der Waals surface area contributed by atoms with Crippen molar-refractivity contribution in [3.05, 3.63) is 39.0 Å². The molecule has 2 aromatic heterocycles. The van der Waals surface area contributed by atoms with Crippen molar-refractivity contribution < 1.29 is 14.3 Å². The van der Waals surface area contributed by atoms with Crippen LogP contribution in [0.2, 0.25) is 0 Å². The van der Waals surface area contributed by atoms with E-state index in [1.807, 2.05) is 0 Å². The highest BCUT2D eigenvalue weighted by Crippen LogP contribution is 2.32. The molecule has 1 aromatic carbocycles. The second-order valence-electron chi connectivity index (χ2n) is 6.53. The van der Waals surface area contributed by atoms with E-state index < -0.39 is 11.2 Å². The first-order chi connectivity index (χ1) is 13.9. The molecule has 1 aliphatic rings. The molecule has 0 saturated carbocycles. The van der Waals surface area contributed by atoms with Gasteiger partial charge in [0.25, 0.3) is 5.56 Å². The van der Waals surface area contributed by atoms with Crippen molar-refractivity contribution in [3.63, 3.8) is 0 Å². The summed E-state index contributed by atoms with van der Waals surface area (Å²) in [6.45, 7) is 0.969. The van der Waals surface area contributed by atoms with Crippen molar-refractivity contribution in [1.82, 2.24) is 18.7 Å². The van der Waals surface area contributed by atoms with Crippen molar-refractivity contribution in [3.8, 4) is 11.5 Å². The van der Waals surface area contributed by atoms with Gasteiger partial charge in [-0.15, -0.1) is 0 Å². The number of rotatable bonds is 4. The fourth-order valence-electron chi connectivity index (χ4n) is 3.14. The van der Waals surface area contributed by atoms with E-state index in [1.54, 1.807) is 36.9 Å². The molecule has 4 rings (SSSR count). The van der Waals surface area contributed by atoms with Gasteiger partial charge in [-0.1, -0.05) is 11.8 Å². The van der Waals surface area contributed by atoms with Crippen LogP contribution in [0.3, 0.4) is 0 Å². The lowest BCUT2D eigenvalue weighted by molar-refractivity contribution is -0.113. The fourth-order valence-corrected chi connectivity index (χ4v) is 3.90. The van der Waals surface area contributed by atoms with Crippen molar-refractivity contribution in [1.29, 1.82) is 0 Å². The van der Waals surface area contributed by atoms with E-state index in [9.17, 15) is 14.4 Å². The largest absolute Gasteiger partial charge is 0.486 e. The van der Waals surface area contributed by atoms with Crippen LogP contribution in [0.5, 0.6) is 11.5 Å². The number of aryl methyl sites for hydroxylation is 2. The molecule has 3 heterocycles. The van der Waals surface area contributed by atoms with Gasteiger partial charge < -0.3 is 19.4 Å². The summed E-state index contributed by atoms with van der Waals surface area (Å²) in [7, 11) is 4.69. The number of hydrogen-bond acceptors (Lipinski definition) is 7. The zero-order chi connectivity index (χ0) is 20.7. The highest BCUT2D eigenvalue weighted by molar-refractivity contribution is 7.99. The number of hydrogen-bond donors (Lipinski definition) is 1. The van der Waals surface area contributed by atoms with Gasteiger partial charge in [-0.25, -0.2) is 9.78 Å². The Hall–Kier alpha value is -3.21. The monoisotopic (exact) mass is 417 g/mol. The summed E-state index contributed by atoms with van der Waals surface area (Å²) in [5, 5.41) is 3.27. The van der Waals surface area contributed by atoms with Crippen LogP contribution in [0.1, 0.15) is 0 Å². The molecular formula is C18H19N5O5S. The fraction of sp³-hybridized carbons (Fsp3) is 0.333. The Kier molecular flexibility index (Phi) is 4.82. The van der Waals surface area contributed by atoms with E-state index in [0.717, 1.165) is 4.57 Å². The number of nitrogens with zero attached hydrogens (tertiary/aromatic N) is 4. The maximum Gasteiger partial charge on any atom is 0.332 e. The Morgan fingerprint density at radius 3 is 2.59 bits per heavy atom. The number of anilines is 1. The second-order valence-corrected chi connectivity index (χ2v) is 7.47. The van der Waals surface area contributed by atoms with Crippen LogP contribution in [-0.4, -0.2) is 43.6 Å². The van der Waals surface area contributed by atoms with Gasteiger partial charge in [0.05, 0.1) is 5.75 Å². The highest BCUT2D eigenvalue weighted by Gasteiger charge is 2.18. The van der Waals surface area contributed by atoms with E-state index >= 15 is 0 Å². The number of benzene rings is 1. The van der Waals surface area contributed by atoms with Crippen LogP contribution in [0, 0.1) is 0 Å². The maximum absolute atomic E-state index is 12.4. The Bertz CT molecular complexity index is 1240. The standard InChI is InChI=1S/C18H19N5O5S/c1-21-15-14(16(25)23(3)18(26)22(15)2)20-17(21)29-9-13(24)19-10-4-5-11-12(8-10)28-7-6-27-11/h4-5,8H,6-7,9H2,1-3H3,(H,19,24). The van der Waals surface area contributed by atoms with Crippen molar-refractivity contribution in [2.45, 2.75) is 5.16 Å². The van der Waals surface area contributed by atoms with Crippen molar-refractivity contribution in [2.75, 3.05) is 24.3 Å². The average Bonchev–Trinajstić information content (AvgIpc) is 3.05. The molecule has 0 unspecified atom stereocenters. The van der Waals surface area contributed by atoms with E-state index in [1.165, 1.54) is 23.4 Å². The average molecular weight is 417 g/mol. The van der Waals surface area contributed by atoms with Gasteiger partial charge in [-0.3, -0.25) is 18.7 Å². The molecule has 10 nitrogen and oxygen atoms in total. The lowest BCUT2D eigenvalue weighted by Crippen LogP contribution is -2.37. The Labute approximate surface area is 169 Å². The van der Waals surface area contributed by atoms with Crippen LogP contribution >= 0.6 is 11.8 Å². The minimum absolute atomic E-state index is 0.0832. The number of imidazole rings is 1. The van der Waals surface area contributed by atoms with Crippen LogP contribution in [0.25, 0.3) is 11.2 Å². The van der Waals surface area contributed by atoms with Crippen LogP contribution in [0.15, 0.2) is 32.9 Å². The number of nitrogens with one attached hydrogen (secondary N) is 1. The van der Waals surface area contributed by atoms with Gasteiger partial charge in [0.15, 0.2) is 27.8 Å². The van der Waals surface area contributed by atoms with E-state index in [0.29, 0.717) is 41.2 Å². The zero-order valence-corrected chi connectivity index (χ0v) is 16.9. The second kappa shape index (κ2) is 7.32. The van der Waals surface area contributed by atoms with Gasteiger partial charge in [-0.2, -0.15) is 0 Å². The zero-order valence-electron chi connectivity index (χ0n) is 16.1. The van der Waals surface area contributed by atoms with E-state index in [-0.39, 0.29) is 17.2 Å². The quantitative estimate of drug-likeness (QED) is 0.615. The summed E-state index contributed by atoms with van der Waals surface area (Å²) in [6.07, 6.45) is 0. The summed E-state index contributed by atoms with van der Waals surface area (Å²) >= 11 is 1.18. The normalized spacial score (nSPS) is 12.9. The summed E-state index contributed by atoms with van der Waals surface area (Å²) in [5.41, 5.74) is 0.297. The Balaban J connectivity index is 1.51. The van der Waals surface area contributed by atoms with E-state index in [4.69, 9.17) is 9.47 Å². The third-order valence-electron chi connectivity index (χ3n) is 4.58. The molecule has 1 amide bonds. The summed E-state index contributed by atoms with van der Waals surface area (Å²) in [4.78, 5) is 41.1. The number of carbonyl (C=O) groups is 1. The topological polar surface area (TPSA) is 109 Å². The van der Waals surface area contributed by atoms with Crippen molar-refractivity contribution >= 4 is 34.5 Å². The molecule has 0 aliphatic carbocycles. The van der Waals surface area contributed by atoms with Crippen LogP contribution in [0.4, 0.5) is 5.69 Å². The van der Waals surface area contributed by atoms with Gasteiger partial charge >= 0.3 is 5.69 Å². The van der Waals surface area contributed by atoms with Gasteiger partial charge in [0.2, 0.25) is 5.91 Å². The van der Waals surface area contributed by atoms with E-state index in [2.05, 4.69) is 10.3 Å². The predicted molar refractivity (Wildman–Crippen MR) is 108 cm³/mol. The third kappa shape index (κ3) is 3.37. The molecule has 29 heavy (non-hydrogen) atoms. The minimum atomic E-state index is -0.466. The lowest BCUT2D eigenvalue weighted by atomic mass is 10.2. The summed E-state index contributed by atoms with van der Waals surface area (Å²) in [5.74, 6) is 1.09. The highest BCUT2D eigenvalue weighted by atomic mass is 32.2. The maximum atomic E-state index is 12.4. The Morgan fingerprint density at radius 1 is 1.10 bits per heavy atom. The number of carbonyl (C=O) groups excluding carboxylic acids is 1. The molecule has 0 radical (unpaired) electrons. The molecule has 0 atom stereocenters. The molecule has 1 N–H and O–H groups in total. The third-order valence-corrected chi connectivity index (χ3v) is 5.61. The number of aromatic nitrogens is 4. The first kappa shape index (κ1) is 19.1. The smallest absolute Gasteiger partial charge is 0.332 e. The first-order valence-corrected chi connectivity index (χ1v) is 9.80. The number of ether oxygens (including phenoxy) is 2. The molecule has 152 valence electrons. The molecular weight excluding hydrogens is 398 g/mol. The van der Waals surface area contributed by atoms with Gasteiger partial charge in [0, 0.05) is 32.9 Å². The molecule has 1 aliphatic heterocycles. The van der Waals surface area contributed by atoms with Gasteiger partial charge in [0.1, 0.15) is 13.2 Å². The van der Waals surface area contributed by atoms with Crippen LogP contribution < -0.4 is 26.0 Å². The summed E-state index contributed by atoms with van der Waals surface area (Å²) in [6, 6.07) is 5.20. The number of thioether (sulfide) groups is 1. The molecule has 0 bridgehead atoms. The molecule has 0 saturated heterocycles.